The van der Waals surface area contributed by atoms with Gasteiger partial charge in [0.15, 0.2) is 5.82 Å². The molecule has 1 atom stereocenters. The van der Waals surface area contributed by atoms with E-state index in [0.29, 0.717) is 16.9 Å². The van der Waals surface area contributed by atoms with Gasteiger partial charge in [0.25, 0.3) is 5.56 Å². The van der Waals surface area contributed by atoms with E-state index in [4.69, 9.17) is 5.10 Å². The van der Waals surface area contributed by atoms with Gasteiger partial charge in [-0.2, -0.15) is 18.3 Å². The molecule has 5 rings (SSSR count). The molecule has 170 valence electrons. The van der Waals surface area contributed by atoms with Gasteiger partial charge in [0.1, 0.15) is 11.9 Å². The number of hydrogen-bond acceptors (Lipinski definition) is 4. The molecule has 1 aliphatic heterocycles. The van der Waals surface area contributed by atoms with Gasteiger partial charge in [0.05, 0.1) is 11.6 Å². The second-order valence-electron chi connectivity index (χ2n) is 8.21. The van der Waals surface area contributed by atoms with Gasteiger partial charge in [-0.05, 0) is 55.0 Å². The van der Waals surface area contributed by atoms with E-state index >= 15 is 0 Å². The summed E-state index contributed by atoms with van der Waals surface area (Å²) < 4.78 is 42.4. The number of aromatic amines is 1. The van der Waals surface area contributed by atoms with Crippen LogP contribution in [0.2, 0.25) is 0 Å². The molecular formula is C22H24F3N5OS. The Hall–Kier alpha value is -2.59. The number of hydrogen-bond donors (Lipinski definition) is 2. The molecule has 0 spiro atoms. The standard InChI is InChI=1S/C22H24F3N5OS/c1-2-32-18-8-7-15(11-14(18)12-29(32)13-22(23,24)25)27-20-19-17(9-10-26-21(19)31)30(28-20)16-5-3-4-6-16/h2,7-11,16H,3-6,12-13H2,1H3,(H,26,31)(H,27,28). The molecule has 3 heterocycles. The Kier molecular flexibility index (Phi) is 5.37. The second kappa shape index (κ2) is 8.08. The molecule has 0 bridgehead atoms. The Morgan fingerprint density at radius 1 is 1.28 bits per heavy atom. The average molecular weight is 464 g/mol. The highest BCUT2D eigenvalue weighted by Crippen LogP contribution is 2.44. The number of nitrogens with one attached hydrogen (secondary N) is 2. The number of anilines is 2. The normalized spacial score (nSPS) is 19.8. The molecule has 2 aromatic heterocycles. The molecule has 1 aromatic carbocycles. The maximum Gasteiger partial charge on any atom is 0.402 e. The third-order valence-electron chi connectivity index (χ3n) is 6.05. The van der Waals surface area contributed by atoms with Crippen LogP contribution in [0.1, 0.15) is 44.2 Å². The number of fused-ring (bicyclic) bond motifs is 2. The molecule has 1 fully saturated rings. The van der Waals surface area contributed by atoms with Gasteiger partial charge >= 0.3 is 6.18 Å². The zero-order chi connectivity index (χ0) is 22.5. The second-order valence-corrected chi connectivity index (χ2v) is 10.3. The van der Waals surface area contributed by atoms with Crippen molar-refractivity contribution in [2.75, 3.05) is 11.9 Å². The minimum atomic E-state index is -4.25. The molecule has 32 heavy (non-hydrogen) atoms. The van der Waals surface area contributed by atoms with Crippen molar-refractivity contribution in [3.8, 4) is 0 Å². The minimum absolute atomic E-state index is 0.214. The molecule has 3 aromatic rings. The summed E-state index contributed by atoms with van der Waals surface area (Å²) in [5.41, 5.74) is 2.14. The molecule has 10 heteroatoms. The minimum Gasteiger partial charge on any atom is -0.338 e. The van der Waals surface area contributed by atoms with E-state index < -0.39 is 23.4 Å². The summed E-state index contributed by atoms with van der Waals surface area (Å²) in [5.74, 6) is 0.472. The van der Waals surface area contributed by atoms with E-state index in [0.717, 1.165) is 41.7 Å². The highest BCUT2D eigenvalue weighted by Gasteiger charge is 2.35. The lowest BCUT2D eigenvalue weighted by molar-refractivity contribution is -0.135. The third kappa shape index (κ3) is 3.86. The Balaban J connectivity index is 1.49. The lowest BCUT2D eigenvalue weighted by atomic mass is 10.2. The average Bonchev–Trinajstić information content (AvgIpc) is 3.44. The first kappa shape index (κ1) is 21.3. The first-order chi connectivity index (χ1) is 15.3. The Labute approximate surface area is 185 Å². The van der Waals surface area contributed by atoms with Crippen LogP contribution in [0.3, 0.4) is 0 Å². The van der Waals surface area contributed by atoms with Crippen molar-refractivity contribution >= 4 is 38.4 Å². The van der Waals surface area contributed by atoms with Gasteiger partial charge in [-0.25, -0.2) is 4.31 Å². The van der Waals surface area contributed by atoms with Gasteiger partial charge in [0, 0.05) is 23.3 Å². The summed E-state index contributed by atoms with van der Waals surface area (Å²) in [7, 11) is -0.686. The first-order valence-electron chi connectivity index (χ1n) is 10.7. The van der Waals surface area contributed by atoms with Gasteiger partial charge in [0.2, 0.25) is 0 Å². The van der Waals surface area contributed by atoms with Crippen molar-refractivity contribution in [2.45, 2.75) is 56.3 Å². The molecule has 0 radical (unpaired) electrons. The summed E-state index contributed by atoms with van der Waals surface area (Å²) in [4.78, 5) is 16.2. The number of aromatic nitrogens is 3. The smallest absolute Gasteiger partial charge is 0.338 e. The largest absolute Gasteiger partial charge is 0.402 e. The summed E-state index contributed by atoms with van der Waals surface area (Å²) >= 11 is 0. The van der Waals surface area contributed by atoms with E-state index in [1.54, 1.807) is 13.1 Å². The molecular weight excluding hydrogens is 439 g/mol. The van der Waals surface area contributed by atoms with E-state index in [9.17, 15) is 18.0 Å². The first-order valence-corrected chi connectivity index (χ1v) is 11.9. The molecule has 1 saturated carbocycles. The number of H-pyrrole nitrogens is 1. The highest BCUT2D eigenvalue weighted by atomic mass is 32.2. The number of rotatable bonds is 4. The summed E-state index contributed by atoms with van der Waals surface area (Å²) in [5, 5.41) is 10.3. The lowest BCUT2D eigenvalue weighted by Crippen LogP contribution is -2.27. The van der Waals surface area contributed by atoms with Gasteiger partial charge in [-0.3, -0.25) is 9.48 Å². The fourth-order valence-corrected chi connectivity index (χ4v) is 6.73. The van der Waals surface area contributed by atoms with Gasteiger partial charge in [-0.15, -0.1) is 0 Å². The number of nitrogens with zero attached hydrogens (tertiary/aromatic N) is 3. The summed E-state index contributed by atoms with van der Waals surface area (Å²) in [6, 6.07) is 7.72. The Morgan fingerprint density at radius 3 is 2.78 bits per heavy atom. The fourth-order valence-electron chi connectivity index (χ4n) is 4.74. The zero-order valence-corrected chi connectivity index (χ0v) is 18.4. The van der Waals surface area contributed by atoms with Crippen LogP contribution in [0, 0.1) is 0 Å². The van der Waals surface area contributed by atoms with Crippen molar-refractivity contribution in [3.05, 3.63) is 46.4 Å². The molecule has 2 N–H and O–H groups in total. The van der Waals surface area contributed by atoms with E-state index in [2.05, 4.69) is 10.3 Å². The molecule has 0 amide bonds. The quantitative estimate of drug-likeness (QED) is 0.514. The monoisotopic (exact) mass is 463 g/mol. The van der Waals surface area contributed by atoms with Crippen LogP contribution in [0.4, 0.5) is 24.7 Å². The van der Waals surface area contributed by atoms with E-state index in [1.165, 1.54) is 4.31 Å². The maximum atomic E-state index is 13.0. The number of halogens is 3. The predicted molar refractivity (Wildman–Crippen MR) is 122 cm³/mol. The lowest BCUT2D eigenvalue weighted by Gasteiger charge is -2.19. The molecule has 2 aliphatic rings. The SMILES string of the molecule is C/C=S1/c2ccc(Nc3nn(C4CCCC4)c4cc[nH]c(=O)c34)cc2CN1CC(F)(F)F. The molecule has 0 saturated heterocycles. The van der Waals surface area contributed by atoms with Crippen LogP contribution in [0.5, 0.6) is 0 Å². The number of benzene rings is 1. The van der Waals surface area contributed by atoms with Crippen LogP contribution in [-0.2, 0) is 6.54 Å². The van der Waals surface area contributed by atoms with Crippen molar-refractivity contribution in [2.24, 2.45) is 0 Å². The summed E-state index contributed by atoms with van der Waals surface area (Å²) in [6.07, 6.45) is 1.75. The molecule has 6 nitrogen and oxygen atoms in total. The fraction of sp³-hybridized carbons (Fsp3) is 0.409. The van der Waals surface area contributed by atoms with Crippen molar-refractivity contribution < 1.29 is 13.2 Å². The maximum absolute atomic E-state index is 13.0. The van der Waals surface area contributed by atoms with Crippen LogP contribution >= 0.6 is 10.7 Å². The van der Waals surface area contributed by atoms with E-state index in [1.807, 2.05) is 34.3 Å². The van der Waals surface area contributed by atoms with Crippen molar-refractivity contribution in [1.29, 1.82) is 0 Å². The topological polar surface area (TPSA) is 66.0 Å². The Bertz CT molecular complexity index is 1260. The Morgan fingerprint density at radius 2 is 2.06 bits per heavy atom. The van der Waals surface area contributed by atoms with Crippen LogP contribution in [-0.4, -0.2) is 37.2 Å². The van der Waals surface area contributed by atoms with Crippen LogP contribution < -0.4 is 10.9 Å². The van der Waals surface area contributed by atoms with Gasteiger partial charge in [-0.1, -0.05) is 23.5 Å². The van der Waals surface area contributed by atoms with Crippen molar-refractivity contribution in [1.82, 2.24) is 19.1 Å². The highest BCUT2D eigenvalue weighted by molar-refractivity contribution is 8.13. The van der Waals surface area contributed by atoms with E-state index in [-0.39, 0.29) is 18.1 Å². The molecule has 1 unspecified atom stereocenters. The number of pyridine rings is 1. The zero-order valence-electron chi connectivity index (χ0n) is 17.6. The van der Waals surface area contributed by atoms with Crippen molar-refractivity contribution in [3.63, 3.8) is 0 Å². The van der Waals surface area contributed by atoms with Crippen LogP contribution in [0.25, 0.3) is 10.9 Å². The molecule has 1 aliphatic carbocycles. The number of alkyl halides is 3. The predicted octanol–water partition coefficient (Wildman–Crippen LogP) is 5.33. The van der Waals surface area contributed by atoms with Crippen LogP contribution in [0.15, 0.2) is 40.2 Å². The van der Waals surface area contributed by atoms with Gasteiger partial charge < -0.3 is 10.3 Å². The third-order valence-corrected chi connectivity index (χ3v) is 8.16. The summed E-state index contributed by atoms with van der Waals surface area (Å²) in [6.45, 7) is 1.08.